The molecule has 2 aromatic rings. The van der Waals surface area contributed by atoms with Crippen molar-refractivity contribution in [2.24, 2.45) is 5.92 Å². The number of rotatable bonds is 8. The topological polar surface area (TPSA) is 49.3 Å². The number of carboxylic acid groups (broad SMARTS) is 1. The lowest BCUT2D eigenvalue weighted by Gasteiger charge is -2.24. The molecule has 0 aliphatic heterocycles. The molecule has 2 aromatic carbocycles. The summed E-state index contributed by atoms with van der Waals surface area (Å²) in [7, 11) is 0. The lowest BCUT2D eigenvalue weighted by atomic mass is 9.98. The molecule has 0 fully saturated rings. The Balaban J connectivity index is 2.29. The van der Waals surface area contributed by atoms with Crippen molar-refractivity contribution in [3.63, 3.8) is 0 Å². The Kier molecular flexibility index (Phi) is 6.96. The molecule has 0 bridgehead atoms. The van der Waals surface area contributed by atoms with Gasteiger partial charge in [-0.2, -0.15) is 0 Å². The highest BCUT2D eigenvalue weighted by molar-refractivity contribution is 5.73. The first-order valence-electron chi connectivity index (χ1n) is 8.52. The number of aliphatic carboxylic acids is 1. The van der Waals surface area contributed by atoms with Crippen molar-refractivity contribution in [2.45, 2.75) is 38.8 Å². The van der Waals surface area contributed by atoms with Gasteiger partial charge >= 0.3 is 5.97 Å². The van der Waals surface area contributed by atoms with Crippen LogP contribution < -0.4 is 5.32 Å². The van der Waals surface area contributed by atoms with Gasteiger partial charge in [0.05, 0.1) is 11.6 Å². The normalized spacial score (nSPS) is 13.8. The second-order valence-corrected chi connectivity index (χ2v) is 6.72. The Morgan fingerprint density at radius 2 is 1.59 bits per heavy atom. The van der Waals surface area contributed by atoms with E-state index in [1.165, 1.54) is 30.3 Å². The van der Waals surface area contributed by atoms with Gasteiger partial charge in [0.25, 0.3) is 6.43 Å². The summed E-state index contributed by atoms with van der Waals surface area (Å²) in [6.45, 7) is 3.60. The maximum absolute atomic E-state index is 13.9. The van der Waals surface area contributed by atoms with Gasteiger partial charge in [-0.15, -0.1) is 0 Å². The maximum atomic E-state index is 13.9. The van der Waals surface area contributed by atoms with E-state index in [0.717, 1.165) is 12.1 Å². The summed E-state index contributed by atoms with van der Waals surface area (Å²) in [5, 5.41) is 11.7. The molecule has 0 saturated heterocycles. The summed E-state index contributed by atoms with van der Waals surface area (Å²) in [6, 6.07) is 6.13. The van der Waals surface area contributed by atoms with Crippen LogP contribution in [0.25, 0.3) is 11.1 Å². The second-order valence-electron chi connectivity index (χ2n) is 6.72. The third kappa shape index (κ3) is 5.29. The average molecular weight is 383 g/mol. The monoisotopic (exact) mass is 383 g/mol. The molecule has 0 aliphatic rings. The second kappa shape index (κ2) is 8.99. The molecule has 0 unspecified atom stereocenters. The molecule has 0 aliphatic carbocycles. The van der Waals surface area contributed by atoms with Gasteiger partial charge in [-0.25, -0.2) is 17.6 Å². The number of carboxylic acids is 1. The Morgan fingerprint density at radius 1 is 1.04 bits per heavy atom. The van der Waals surface area contributed by atoms with E-state index in [9.17, 15) is 27.5 Å². The van der Waals surface area contributed by atoms with E-state index in [0.29, 0.717) is 0 Å². The summed E-state index contributed by atoms with van der Waals surface area (Å²) in [5.41, 5.74) is 0.105. The van der Waals surface area contributed by atoms with Crippen molar-refractivity contribution in [3.05, 3.63) is 59.7 Å². The molecular formula is C20H21F4NO2. The van der Waals surface area contributed by atoms with E-state index in [1.807, 2.05) is 0 Å². The summed E-state index contributed by atoms with van der Waals surface area (Å²) in [6.07, 6.45) is -2.66. The minimum absolute atomic E-state index is 0.00308. The smallest absolute Gasteiger partial charge is 0.320 e. The number of alkyl halides is 2. The minimum Gasteiger partial charge on any atom is -0.480 e. The molecule has 146 valence electrons. The zero-order chi connectivity index (χ0) is 20.1. The van der Waals surface area contributed by atoms with E-state index in [1.54, 1.807) is 13.8 Å². The molecule has 0 aromatic heterocycles. The van der Waals surface area contributed by atoms with E-state index in [4.69, 9.17) is 0 Å². The zero-order valence-corrected chi connectivity index (χ0v) is 14.9. The van der Waals surface area contributed by atoms with Crippen LogP contribution in [-0.2, 0) is 4.79 Å². The van der Waals surface area contributed by atoms with Gasteiger partial charge < -0.3 is 5.11 Å². The predicted molar refractivity (Wildman–Crippen MR) is 94.6 cm³/mol. The molecule has 2 rings (SSSR count). The highest BCUT2D eigenvalue weighted by Gasteiger charge is 2.29. The van der Waals surface area contributed by atoms with Gasteiger partial charge in [0.15, 0.2) is 0 Å². The molecule has 0 heterocycles. The number of benzene rings is 2. The molecule has 27 heavy (non-hydrogen) atoms. The third-order valence-electron chi connectivity index (χ3n) is 4.16. The minimum atomic E-state index is -2.85. The van der Waals surface area contributed by atoms with Crippen LogP contribution in [0.3, 0.4) is 0 Å². The summed E-state index contributed by atoms with van der Waals surface area (Å²) >= 11 is 0. The molecule has 3 nitrogen and oxygen atoms in total. The zero-order valence-electron chi connectivity index (χ0n) is 14.9. The van der Waals surface area contributed by atoms with E-state index >= 15 is 0 Å². The Labute approximate surface area is 155 Å². The van der Waals surface area contributed by atoms with E-state index in [2.05, 4.69) is 5.32 Å². The Morgan fingerprint density at radius 3 is 2.04 bits per heavy atom. The van der Waals surface area contributed by atoms with Crippen LogP contribution in [-0.4, -0.2) is 23.5 Å². The number of halogens is 4. The van der Waals surface area contributed by atoms with Gasteiger partial charge in [0.1, 0.15) is 17.7 Å². The molecule has 7 heteroatoms. The van der Waals surface area contributed by atoms with Crippen LogP contribution in [0.2, 0.25) is 0 Å². The molecule has 2 N–H and O–H groups in total. The quantitative estimate of drug-likeness (QED) is 0.629. The molecule has 0 saturated carbocycles. The number of hydrogen-bond donors (Lipinski definition) is 2. The first-order valence-corrected chi connectivity index (χ1v) is 8.52. The van der Waals surface area contributed by atoms with Crippen molar-refractivity contribution in [1.29, 1.82) is 0 Å². The number of carbonyl (C=O) groups is 1. The SMILES string of the molecule is CC(C)C[C@H](N[C@@H](c1ccc(-c2c(F)cccc2F)cc1)C(F)F)C(=O)O. The van der Waals surface area contributed by atoms with Gasteiger partial charge in [-0.3, -0.25) is 10.1 Å². The lowest BCUT2D eigenvalue weighted by Crippen LogP contribution is -2.42. The first kappa shape index (κ1) is 20.9. The van der Waals surface area contributed by atoms with Gasteiger partial charge in [0, 0.05) is 0 Å². The summed E-state index contributed by atoms with van der Waals surface area (Å²) in [4.78, 5) is 11.3. The van der Waals surface area contributed by atoms with Crippen LogP contribution >= 0.6 is 0 Å². The molecule has 0 spiro atoms. The Bertz CT molecular complexity index is 758. The van der Waals surface area contributed by atoms with E-state index in [-0.39, 0.29) is 29.0 Å². The van der Waals surface area contributed by atoms with Crippen molar-refractivity contribution in [1.82, 2.24) is 5.32 Å². The number of nitrogens with one attached hydrogen (secondary N) is 1. The Hall–Kier alpha value is -2.41. The van der Waals surface area contributed by atoms with Crippen LogP contribution in [0.4, 0.5) is 17.6 Å². The molecular weight excluding hydrogens is 362 g/mol. The van der Waals surface area contributed by atoms with Crippen molar-refractivity contribution in [3.8, 4) is 11.1 Å². The first-order chi connectivity index (χ1) is 12.7. The summed E-state index contributed by atoms with van der Waals surface area (Å²) < 4.78 is 54.8. The third-order valence-corrected chi connectivity index (χ3v) is 4.16. The predicted octanol–water partition coefficient (Wildman–Crippen LogP) is 5.03. The van der Waals surface area contributed by atoms with Gasteiger partial charge in [0.2, 0.25) is 0 Å². The lowest BCUT2D eigenvalue weighted by molar-refractivity contribution is -0.140. The number of hydrogen-bond acceptors (Lipinski definition) is 2. The fourth-order valence-electron chi connectivity index (χ4n) is 2.87. The molecule has 0 amide bonds. The van der Waals surface area contributed by atoms with Crippen molar-refractivity contribution < 1.29 is 27.5 Å². The standard InChI is InChI=1S/C20H21F4NO2/c1-11(2)10-16(20(26)27)25-18(19(23)24)13-8-6-12(7-9-13)17-14(21)4-3-5-15(17)22/h3-9,11,16,18-19,25H,10H2,1-2H3,(H,26,27)/t16-,18-/m0/s1. The molecule has 2 atom stereocenters. The fraction of sp³-hybridized carbons (Fsp3) is 0.350. The largest absolute Gasteiger partial charge is 0.480 e. The van der Waals surface area contributed by atoms with Gasteiger partial charge in [-0.1, -0.05) is 44.2 Å². The van der Waals surface area contributed by atoms with Crippen LogP contribution in [0.1, 0.15) is 31.9 Å². The van der Waals surface area contributed by atoms with Crippen LogP contribution in [0.5, 0.6) is 0 Å². The molecule has 0 radical (unpaired) electrons. The average Bonchev–Trinajstić information content (AvgIpc) is 2.58. The van der Waals surface area contributed by atoms with Gasteiger partial charge in [-0.05, 0) is 35.6 Å². The highest BCUT2D eigenvalue weighted by atomic mass is 19.3. The van der Waals surface area contributed by atoms with Crippen LogP contribution in [0.15, 0.2) is 42.5 Å². The maximum Gasteiger partial charge on any atom is 0.320 e. The fourth-order valence-corrected chi connectivity index (χ4v) is 2.87. The summed E-state index contributed by atoms with van der Waals surface area (Å²) in [5.74, 6) is -2.72. The highest BCUT2D eigenvalue weighted by Crippen LogP contribution is 2.29. The van der Waals surface area contributed by atoms with Crippen molar-refractivity contribution >= 4 is 5.97 Å². The van der Waals surface area contributed by atoms with E-state index < -0.39 is 36.1 Å². The van der Waals surface area contributed by atoms with Crippen molar-refractivity contribution in [2.75, 3.05) is 0 Å². The van der Waals surface area contributed by atoms with Crippen LogP contribution in [0, 0.1) is 17.6 Å².